The van der Waals surface area contributed by atoms with Crippen LogP contribution in [0.25, 0.3) is 11.0 Å². The van der Waals surface area contributed by atoms with Gasteiger partial charge in [0.15, 0.2) is 0 Å². The molecule has 8 nitrogen and oxygen atoms in total. The third kappa shape index (κ3) is 3.06. The molecule has 1 aliphatic heterocycles. The number of benzene rings is 1. The van der Waals surface area contributed by atoms with Gasteiger partial charge in [-0.15, -0.1) is 5.10 Å². The van der Waals surface area contributed by atoms with E-state index in [1.165, 1.54) is 0 Å². The highest BCUT2D eigenvalue weighted by Gasteiger charge is 2.39. The van der Waals surface area contributed by atoms with Crippen molar-refractivity contribution in [3.63, 3.8) is 0 Å². The minimum absolute atomic E-state index is 0.167. The number of imidazole rings is 1. The van der Waals surface area contributed by atoms with E-state index in [2.05, 4.69) is 15.1 Å². The number of halogens is 3. The number of alkyl halides is 3. The molecule has 148 valence electrons. The molecule has 1 N–H and O–H groups in total. The molecule has 4 rings (SSSR count). The van der Waals surface area contributed by atoms with Crippen molar-refractivity contribution in [2.75, 3.05) is 13.1 Å². The maximum absolute atomic E-state index is 13.0. The minimum atomic E-state index is -4.69. The number of carbonyl (C=O) groups excluding carboxylic acids is 1. The van der Waals surface area contributed by atoms with Crippen molar-refractivity contribution >= 4 is 16.9 Å². The molecule has 0 radical (unpaired) electrons. The van der Waals surface area contributed by atoms with Crippen molar-refractivity contribution in [3.8, 4) is 0 Å². The van der Waals surface area contributed by atoms with Crippen LogP contribution in [0.4, 0.5) is 13.2 Å². The number of carbonyl (C=O) groups is 1. The second-order valence-electron chi connectivity index (χ2n) is 6.77. The van der Waals surface area contributed by atoms with Crippen LogP contribution >= 0.6 is 0 Å². The molecule has 3 aromatic rings. The molecule has 28 heavy (non-hydrogen) atoms. The molecule has 2 aromatic heterocycles. The lowest BCUT2D eigenvalue weighted by Crippen LogP contribution is -2.41. The summed E-state index contributed by atoms with van der Waals surface area (Å²) < 4.78 is 40.3. The summed E-state index contributed by atoms with van der Waals surface area (Å²) in [4.78, 5) is 33.6. The summed E-state index contributed by atoms with van der Waals surface area (Å²) in [6.07, 6.45) is -2.44. The van der Waals surface area contributed by atoms with E-state index in [4.69, 9.17) is 0 Å². The van der Waals surface area contributed by atoms with Crippen molar-refractivity contribution < 1.29 is 18.0 Å². The summed E-state index contributed by atoms with van der Waals surface area (Å²) >= 11 is 0. The topological polar surface area (TPSA) is 88.8 Å². The van der Waals surface area contributed by atoms with Crippen molar-refractivity contribution in [3.05, 3.63) is 46.4 Å². The Bertz CT molecular complexity index is 1090. The largest absolute Gasteiger partial charge is 0.451 e. The van der Waals surface area contributed by atoms with Crippen LogP contribution in [0.2, 0.25) is 0 Å². The highest BCUT2D eigenvalue weighted by Crippen LogP contribution is 2.28. The quantitative estimate of drug-likeness (QED) is 0.720. The predicted octanol–water partition coefficient (Wildman–Crippen LogP) is 1.95. The average Bonchev–Trinajstić information content (AvgIpc) is 3.25. The lowest BCUT2D eigenvalue weighted by atomic mass is 10.0. The monoisotopic (exact) mass is 394 g/mol. The second kappa shape index (κ2) is 6.50. The summed E-state index contributed by atoms with van der Waals surface area (Å²) in [5, 5.41) is 3.49. The van der Waals surface area contributed by atoms with E-state index in [1.807, 2.05) is 0 Å². The number of piperidine rings is 1. The number of nitrogens with one attached hydrogen (secondary N) is 1. The number of likely N-dealkylation sites (tertiary alicyclic amines) is 1. The van der Waals surface area contributed by atoms with E-state index < -0.39 is 23.7 Å². The molecule has 1 aliphatic rings. The Labute approximate surface area is 156 Å². The first kappa shape index (κ1) is 18.3. The third-order valence-electron chi connectivity index (χ3n) is 5.02. The molecule has 1 fully saturated rings. The number of aromatic amines is 1. The van der Waals surface area contributed by atoms with Gasteiger partial charge in [0.1, 0.15) is 0 Å². The number of hydrogen-bond acceptors (Lipinski definition) is 4. The van der Waals surface area contributed by atoms with E-state index in [0.29, 0.717) is 36.1 Å². The van der Waals surface area contributed by atoms with Gasteiger partial charge in [-0.3, -0.25) is 9.36 Å². The van der Waals surface area contributed by atoms with Gasteiger partial charge in [0.25, 0.3) is 5.91 Å². The fourth-order valence-electron chi connectivity index (χ4n) is 3.51. The van der Waals surface area contributed by atoms with Crippen LogP contribution in [0.1, 0.15) is 35.1 Å². The number of H-pyrrole nitrogens is 1. The second-order valence-corrected chi connectivity index (χ2v) is 6.77. The number of hydrogen-bond donors (Lipinski definition) is 1. The zero-order valence-corrected chi connectivity index (χ0v) is 14.9. The smallest absolute Gasteiger partial charge is 0.345 e. The fourth-order valence-corrected chi connectivity index (χ4v) is 3.51. The average molecular weight is 394 g/mol. The van der Waals surface area contributed by atoms with Gasteiger partial charge in [-0.1, -0.05) is 0 Å². The predicted molar refractivity (Wildman–Crippen MR) is 92.7 cm³/mol. The summed E-state index contributed by atoms with van der Waals surface area (Å²) in [5.41, 5.74) is 1.21. The molecular weight excluding hydrogens is 377 g/mol. The van der Waals surface area contributed by atoms with Crippen LogP contribution < -0.4 is 5.69 Å². The van der Waals surface area contributed by atoms with Crippen LogP contribution in [0.15, 0.2) is 29.3 Å². The van der Waals surface area contributed by atoms with Gasteiger partial charge in [-0.25, -0.2) is 14.5 Å². The molecule has 1 aromatic carbocycles. The van der Waals surface area contributed by atoms with Crippen LogP contribution in [0, 0.1) is 0 Å². The lowest BCUT2D eigenvalue weighted by Gasteiger charge is -2.31. The Morgan fingerprint density at radius 2 is 1.96 bits per heavy atom. The third-order valence-corrected chi connectivity index (χ3v) is 5.02. The van der Waals surface area contributed by atoms with Crippen molar-refractivity contribution in [1.82, 2.24) is 29.2 Å². The Kier molecular flexibility index (Phi) is 4.24. The SMILES string of the molecule is Cn1c(C(F)(F)F)nn(C2CCN(C(=O)c3ccc4nc[nH]c4c3)CC2)c1=O. The number of nitrogens with zero attached hydrogens (tertiary/aromatic N) is 5. The lowest BCUT2D eigenvalue weighted by molar-refractivity contribution is -0.147. The van der Waals surface area contributed by atoms with Crippen LogP contribution in [-0.2, 0) is 13.2 Å². The van der Waals surface area contributed by atoms with Gasteiger partial charge in [-0.05, 0) is 31.0 Å². The molecule has 0 bridgehead atoms. The van der Waals surface area contributed by atoms with E-state index in [1.54, 1.807) is 29.4 Å². The van der Waals surface area contributed by atoms with Crippen LogP contribution in [0.5, 0.6) is 0 Å². The molecule has 1 amide bonds. The molecular formula is C17H17F3N6O2. The van der Waals surface area contributed by atoms with Gasteiger partial charge in [0.05, 0.1) is 23.4 Å². The van der Waals surface area contributed by atoms with Crippen molar-refractivity contribution in [1.29, 1.82) is 0 Å². The Morgan fingerprint density at radius 3 is 2.61 bits per heavy atom. The number of fused-ring (bicyclic) bond motifs is 1. The van der Waals surface area contributed by atoms with Gasteiger partial charge < -0.3 is 9.88 Å². The number of amides is 1. The Morgan fingerprint density at radius 1 is 1.25 bits per heavy atom. The highest BCUT2D eigenvalue weighted by atomic mass is 19.4. The normalized spacial score (nSPS) is 16.1. The molecule has 0 aliphatic carbocycles. The van der Waals surface area contributed by atoms with Crippen LogP contribution in [-0.4, -0.2) is 48.2 Å². The van der Waals surface area contributed by atoms with E-state index in [0.717, 1.165) is 22.8 Å². The van der Waals surface area contributed by atoms with Crippen LogP contribution in [0.3, 0.4) is 0 Å². The molecule has 1 saturated heterocycles. The molecule has 0 atom stereocenters. The zero-order chi connectivity index (χ0) is 20.1. The molecule has 3 heterocycles. The maximum atomic E-state index is 13.0. The van der Waals surface area contributed by atoms with E-state index in [-0.39, 0.29) is 5.91 Å². The first-order valence-corrected chi connectivity index (χ1v) is 8.71. The maximum Gasteiger partial charge on any atom is 0.451 e. The molecule has 0 unspecified atom stereocenters. The Balaban J connectivity index is 1.49. The number of aromatic nitrogens is 5. The van der Waals surface area contributed by atoms with E-state index in [9.17, 15) is 22.8 Å². The van der Waals surface area contributed by atoms with Gasteiger partial charge >= 0.3 is 11.9 Å². The summed E-state index contributed by atoms with van der Waals surface area (Å²) in [7, 11) is 1.05. The minimum Gasteiger partial charge on any atom is -0.345 e. The van der Waals surface area contributed by atoms with Gasteiger partial charge in [0.2, 0.25) is 5.82 Å². The summed E-state index contributed by atoms with van der Waals surface area (Å²) in [6.45, 7) is 0.657. The first-order chi connectivity index (χ1) is 13.3. The summed E-state index contributed by atoms with van der Waals surface area (Å²) in [5.74, 6) is -1.39. The molecule has 11 heteroatoms. The zero-order valence-electron chi connectivity index (χ0n) is 14.9. The Hall–Kier alpha value is -3.11. The standard InChI is InChI=1S/C17H17F3N6O2/c1-24-15(17(18,19)20)23-26(16(24)28)11-4-6-25(7-5-11)14(27)10-2-3-12-13(8-10)22-9-21-12/h2-3,8-9,11H,4-7H2,1H3,(H,21,22). The first-order valence-electron chi connectivity index (χ1n) is 8.71. The van der Waals surface area contributed by atoms with E-state index >= 15 is 0 Å². The highest BCUT2D eigenvalue weighted by molar-refractivity contribution is 5.97. The van der Waals surface area contributed by atoms with Crippen molar-refractivity contribution in [2.45, 2.75) is 25.1 Å². The fraction of sp³-hybridized carbons (Fsp3) is 0.412. The number of rotatable bonds is 2. The summed E-state index contributed by atoms with van der Waals surface area (Å²) in [6, 6.07) is 4.68. The molecule has 0 saturated carbocycles. The van der Waals surface area contributed by atoms with Gasteiger partial charge in [0, 0.05) is 25.7 Å². The van der Waals surface area contributed by atoms with Gasteiger partial charge in [-0.2, -0.15) is 13.2 Å². The van der Waals surface area contributed by atoms with Crippen molar-refractivity contribution in [2.24, 2.45) is 7.05 Å². The molecule has 0 spiro atoms.